The van der Waals surface area contributed by atoms with E-state index < -0.39 is 23.2 Å². The van der Waals surface area contributed by atoms with Crippen LogP contribution in [0.15, 0.2) is 45.6 Å². The highest BCUT2D eigenvalue weighted by Gasteiger charge is 2.15. The topological polar surface area (TPSA) is 68.5 Å². The number of methoxy groups -OCH3 is 1. The average molecular weight is 373 g/mol. The predicted molar refractivity (Wildman–Crippen MR) is 97.1 cm³/mol. The maximum atomic E-state index is 13.6. The molecule has 3 aromatic rings. The van der Waals surface area contributed by atoms with E-state index in [-0.39, 0.29) is 18.5 Å². The zero-order valence-electron chi connectivity index (χ0n) is 14.8. The van der Waals surface area contributed by atoms with E-state index in [0.29, 0.717) is 22.5 Å². The number of rotatable bonds is 5. The van der Waals surface area contributed by atoms with E-state index in [1.165, 1.54) is 7.11 Å². The van der Waals surface area contributed by atoms with Gasteiger partial charge in [-0.15, -0.1) is 0 Å². The molecule has 0 unspecified atom stereocenters. The van der Waals surface area contributed by atoms with Gasteiger partial charge in [0.1, 0.15) is 23.0 Å². The molecular formula is C20H17F2NO4. The monoisotopic (exact) mass is 373 g/mol. The third-order valence-corrected chi connectivity index (χ3v) is 4.30. The fraction of sp³-hybridized carbons (Fsp3) is 0.200. The quantitative estimate of drug-likeness (QED) is 0.688. The van der Waals surface area contributed by atoms with Gasteiger partial charge in [0.15, 0.2) is 0 Å². The Labute approximate surface area is 153 Å². The average Bonchev–Trinajstić information content (AvgIpc) is 2.64. The molecule has 0 aliphatic carbocycles. The summed E-state index contributed by atoms with van der Waals surface area (Å²) in [5.41, 5.74) is 0.676. The van der Waals surface area contributed by atoms with Gasteiger partial charge in [-0.3, -0.25) is 4.79 Å². The van der Waals surface area contributed by atoms with Gasteiger partial charge in [-0.25, -0.2) is 13.6 Å². The van der Waals surface area contributed by atoms with E-state index in [1.807, 2.05) is 0 Å². The number of amides is 1. The molecular weight excluding hydrogens is 356 g/mol. The smallest absolute Gasteiger partial charge is 0.339 e. The van der Waals surface area contributed by atoms with Gasteiger partial charge in [-0.2, -0.15) is 0 Å². The summed E-state index contributed by atoms with van der Waals surface area (Å²) in [6.45, 7) is 1.77. The molecule has 0 aliphatic rings. The minimum Gasteiger partial charge on any atom is -0.497 e. The first-order valence-electron chi connectivity index (χ1n) is 8.24. The summed E-state index contributed by atoms with van der Waals surface area (Å²) >= 11 is 0. The molecule has 0 spiro atoms. The van der Waals surface area contributed by atoms with Crippen LogP contribution in [0.4, 0.5) is 14.5 Å². The molecule has 0 saturated heterocycles. The number of benzene rings is 2. The molecule has 0 atom stereocenters. The summed E-state index contributed by atoms with van der Waals surface area (Å²) in [5.74, 6) is -1.37. The summed E-state index contributed by atoms with van der Waals surface area (Å²) < 4.78 is 37.2. The molecule has 1 amide bonds. The Morgan fingerprint density at radius 1 is 1.19 bits per heavy atom. The number of hydrogen-bond donors (Lipinski definition) is 1. The van der Waals surface area contributed by atoms with Crippen LogP contribution in [0.3, 0.4) is 0 Å². The molecule has 0 radical (unpaired) electrons. The van der Waals surface area contributed by atoms with Gasteiger partial charge in [0.2, 0.25) is 5.91 Å². The minimum atomic E-state index is -0.736. The molecule has 7 heteroatoms. The third-order valence-electron chi connectivity index (χ3n) is 4.30. The van der Waals surface area contributed by atoms with Crippen LogP contribution in [0.5, 0.6) is 5.75 Å². The lowest BCUT2D eigenvalue weighted by Crippen LogP contribution is -2.17. The third kappa shape index (κ3) is 3.97. The van der Waals surface area contributed by atoms with Gasteiger partial charge in [0.05, 0.1) is 12.8 Å². The molecule has 140 valence electrons. The molecule has 0 aliphatic heterocycles. The molecule has 1 heterocycles. The van der Waals surface area contributed by atoms with E-state index >= 15 is 0 Å². The lowest BCUT2D eigenvalue weighted by atomic mass is 10.0. The Kier molecular flexibility index (Phi) is 5.21. The lowest BCUT2D eigenvalue weighted by Gasteiger charge is -2.09. The van der Waals surface area contributed by atoms with Crippen molar-refractivity contribution in [1.82, 2.24) is 0 Å². The van der Waals surface area contributed by atoms with Crippen molar-refractivity contribution in [2.24, 2.45) is 0 Å². The van der Waals surface area contributed by atoms with Crippen LogP contribution in [0, 0.1) is 18.6 Å². The first-order chi connectivity index (χ1) is 12.9. The summed E-state index contributed by atoms with van der Waals surface area (Å²) in [7, 11) is 1.51. The highest BCUT2D eigenvalue weighted by Crippen LogP contribution is 2.24. The number of anilines is 1. The first kappa shape index (κ1) is 18.6. The largest absolute Gasteiger partial charge is 0.497 e. The number of fused-ring (bicyclic) bond motifs is 1. The summed E-state index contributed by atoms with van der Waals surface area (Å²) in [5, 5.41) is 3.05. The molecule has 1 N–H and O–H groups in total. The van der Waals surface area contributed by atoms with Gasteiger partial charge >= 0.3 is 5.63 Å². The first-order valence-corrected chi connectivity index (χ1v) is 8.24. The Bertz CT molecular complexity index is 1080. The standard InChI is InChI=1S/C20H17F2NO4/c1-11-14-5-4-13(26-2)10-18(14)27-20(25)15(11)6-8-19(24)23-17-9-12(21)3-7-16(17)22/h3-5,7,9-10H,6,8H2,1-2H3,(H,23,24). The van der Waals surface area contributed by atoms with Crippen LogP contribution < -0.4 is 15.7 Å². The fourth-order valence-corrected chi connectivity index (χ4v) is 2.84. The van der Waals surface area contributed by atoms with Crippen molar-refractivity contribution in [3.63, 3.8) is 0 Å². The molecule has 3 rings (SSSR count). The Morgan fingerprint density at radius 2 is 1.96 bits per heavy atom. The van der Waals surface area contributed by atoms with Crippen LogP contribution >= 0.6 is 0 Å². The van der Waals surface area contributed by atoms with Crippen molar-refractivity contribution in [2.45, 2.75) is 19.8 Å². The van der Waals surface area contributed by atoms with Gasteiger partial charge in [-0.1, -0.05) is 0 Å². The Hall–Kier alpha value is -3.22. The highest BCUT2D eigenvalue weighted by atomic mass is 19.1. The minimum absolute atomic E-state index is 0.0801. The number of carbonyl (C=O) groups is 1. The molecule has 27 heavy (non-hydrogen) atoms. The van der Waals surface area contributed by atoms with E-state index in [9.17, 15) is 18.4 Å². The van der Waals surface area contributed by atoms with Gasteiger partial charge < -0.3 is 14.5 Å². The zero-order valence-corrected chi connectivity index (χ0v) is 14.8. The number of halogens is 2. The van der Waals surface area contributed by atoms with Crippen molar-refractivity contribution in [2.75, 3.05) is 12.4 Å². The number of carbonyl (C=O) groups excluding carboxylic acids is 1. The maximum Gasteiger partial charge on any atom is 0.339 e. The molecule has 5 nitrogen and oxygen atoms in total. The molecule has 0 bridgehead atoms. The van der Waals surface area contributed by atoms with Crippen LogP contribution in [0.2, 0.25) is 0 Å². The van der Waals surface area contributed by atoms with Crippen LogP contribution in [-0.4, -0.2) is 13.0 Å². The van der Waals surface area contributed by atoms with E-state index in [2.05, 4.69) is 5.32 Å². The van der Waals surface area contributed by atoms with Gasteiger partial charge in [0, 0.05) is 29.5 Å². The Morgan fingerprint density at radius 3 is 2.70 bits per heavy atom. The van der Waals surface area contributed by atoms with E-state index in [0.717, 1.165) is 23.6 Å². The molecule has 0 fully saturated rings. The van der Waals surface area contributed by atoms with Crippen molar-refractivity contribution in [1.29, 1.82) is 0 Å². The number of aryl methyl sites for hydroxylation is 1. The second-order valence-corrected chi connectivity index (χ2v) is 6.03. The maximum absolute atomic E-state index is 13.6. The summed E-state index contributed by atoms with van der Waals surface area (Å²) in [6, 6.07) is 7.94. The highest BCUT2D eigenvalue weighted by molar-refractivity contribution is 5.91. The van der Waals surface area contributed by atoms with Crippen molar-refractivity contribution < 1.29 is 22.7 Å². The van der Waals surface area contributed by atoms with Crippen LogP contribution in [0.25, 0.3) is 11.0 Å². The van der Waals surface area contributed by atoms with Crippen molar-refractivity contribution in [3.8, 4) is 5.75 Å². The number of ether oxygens (including phenoxy) is 1. The number of hydrogen-bond acceptors (Lipinski definition) is 4. The van der Waals surface area contributed by atoms with Crippen LogP contribution in [-0.2, 0) is 11.2 Å². The fourth-order valence-electron chi connectivity index (χ4n) is 2.84. The van der Waals surface area contributed by atoms with Crippen molar-refractivity contribution in [3.05, 3.63) is 69.6 Å². The molecule has 0 saturated carbocycles. The zero-order chi connectivity index (χ0) is 19.6. The number of nitrogens with one attached hydrogen (secondary N) is 1. The van der Waals surface area contributed by atoms with Crippen molar-refractivity contribution >= 4 is 22.6 Å². The molecule has 2 aromatic carbocycles. The Balaban J connectivity index is 1.79. The second kappa shape index (κ2) is 7.57. The molecule has 1 aromatic heterocycles. The lowest BCUT2D eigenvalue weighted by molar-refractivity contribution is -0.116. The van der Waals surface area contributed by atoms with E-state index in [1.54, 1.807) is 25.1 Å². The normalized spacial score (nSPS) is 10.8. The van der Waals surface area contributed by atoms with Gasteiger partial charge in [-0.05, 0) is 43.2 Å². The predicted octanol–water partition coefficient (Wildman–Crippen LogP) is 3.96. The summed E-state index contributed by atoms with van der Waals surface area (Å²) in [4.78, 5) is 24.3. The summed E-state index contributed by atoms with van der Waals surface area (Å²) in [6.07, 6.45) is 0.0299. The van der Waals surface area contributed by atoms with E-state index in [4.69, 9.17) is 9.15 Å². The SMILES string of the molecule is COc1ccc2c(C)c(CCC(=O)Nc3cc(F)ccc3F)c(=O)oc2c1. The second-order valence-electron chi connectivity index (χ2n) is 6.03. The van der Waals surface area contributed by atoms with Gasteiger partial charge in [0.25, 0.3) is 0 Å². The van der Waals surface area contributed by atoms with Crippen LogP contribution in [0.1, 0.15) is 17.5 Å².